The van der Waals surface area contributed by atoms with E-state index in [1.807, 2.05) is 0 Å². The molecule has 0 rings (SSSR count). The Morgan fingerprint density at radius 1 is 0.643 bits per heavy atom. The first-order valence-corrected chi connectivity index (χ1v) is 3.15. The van der Waals surface area contributed by atoms with Crippen LogP contribution >= 0.6 is 0 Å². The predicted molar refractivity (Wildman–Crippen MR) is 34.9 cm³/mol. The molecule has 0 radical (unpaired) electrons. The van der Waals surface area contributed by atoms with E-state index in [1.165, 1.54) is 0 Å². The lowest BCUT2D eigenvalue weighted by Crippen LogP contribution is -2.48. The molecule has 0 saturated carbocycles. The molecular weight excluding hydrogens is 206 g/mol. The quantitative estimate of drug-likeness (QED) is 0.192. The molecule has 5 N–H and O–H groups in total. The molecule has 14 heavy (non-hydrogen) atoms. The summed E-state index contributed by atoms with van der Waals surface area (Å²) in [5, 5.41) is 31.8. The van der Waals surface area contributed by atoms with E-state index in [4.69, 9.17) is 20.4 Å². The predicted octanol–water partition coefficient (Wildman–Crippen LogP) is -2.85. The molecule has 0 aliphatic rings. The lowest BCUT2D eigenvalue weighted by Gasteiger charge is -2.21. The first-order chi connectivity index (χ1) is 6.24. The van der Waals surface area contributed by atoms with Crippen LogP contribution in [-0.4, -0.2) is 58.2 Å². The highest BCUT2D eigenvalue weighted by atomic mass is 17.4. The Morgan fingerprint density at radius 2 is 0.857 bits per heavy atom. The average molecular weight is 219 g/mol. The summed E-state index contributed by atoms with van der Waals surface area (Å²) >= 11 is 0. The first-order valence-electron chi connectivity index (χ1n) is 3.15. The van der Waals surface area contributed by atoms with Gasteiger partial charge in [-0.25, -0.2) is 0 Å². The number of nitrogens with zero attached hydrogens (tertiary/aromatic N) is 1. The van der Waals surface area contributed by atoms with Crippen LogP contribution in [0.15, 0.2) is 0 Å². The molecule has 0 bridgehead atoms. The standard InChI is InChI=1S/C4H12NO8.H2O/c6-1-10-5(11-2-7,12-3-8)13-4-9;/h6-9H,1-4H2;1H2/q+1;/p-1. The Hall–Kier alpha value is -0.400. The van der Waals surface area contributed by atoms with E-state index in [1.54, 1.807) is 0 Å². The van der Waals surface area contributed by atoms with Gasteiger partial charge >= 0.3 is 0 Å². The van der Waals surface area contributed by atoms with E-state index in [2.05, 4.69) is 19.4 Å². The molecule has 0 saturated heterocycles. The number of quaternary nitrogens is 1. The maximum atomic E-state index is 8.36. The normalized spacial score (nSPS) is 11.1. The molecule has 0 heterocycles. The van der Waals surface area contributed by atoms with Crippen LogP contribution in [0.2, 0.25) is 0 Å². The van der Waals surface area contributed by atoms with E-state index in [9.17, 15) is 0 Å². The van der Waals surface area contributed by atoms with E-state index in [0.717, 1.165) is 0 Å². The fourth-order valence-corrected chi connectivity index (χ4v) is 0.506. The molecule has 0 unspecified atom stereocenters. The summed E-state index contributed by atoms with van der Waals surface area (Å²) in [4.78, 5) is 17.2. The van der Waals surface area contributed by atoms with Gasteiger partial charge in [-0.3, -0.25) is 0 Å². The second-order valence-electron chi connectivity index (χ2n) is 1.48. The Bertz CT molecular complexity index is 91.9. The molecule has 88 valence electrons. The molecule has 0 fully saturated rings. The lowest BCUT2D eigenvalue weighted by molar-refractivity contribution is -1.48. The number of hydrogen-bond donors (Lipinski definition) is 4. The van der Waals surface area contributed by atoms with Crippen molar-refractivity contribution in [2.45, 2.75) is 0 Å². The van der Waals surface area contributed by atoms with Gasteiger partial charge in [-0.15, -0.1) is 0 Å². The van der Waals surface area contributed by atoms with E-state index >= 15 is 0 Å². The minimum Gasteiger partial charge on any atom is -0.870 e. The molecule has 0 atom stereocenters. The van der Waals surface area contributed by atoms with Gasteiger partial charge in [-0.05, 0) is 0 Å². The molecule has 0 aliphatic carbocycles. The molecule has 0 amide bonds. The zero-order valence-corrected chi connectivity index (χ0v) is 7.14. The average Bonchev–Trinajstić information content (AvgIpc) is 2.06. The maximum Gasteiger partial charge on any atom is 0.256 e. The summed E-state index contributed by atoms with van der Waals surface area (Å²) in [5.74, 6) is 0. The Balaban J connectivity index is 0. The first kappa shape index (κ1) is 16.0. The maximum absolute atomic E-state index is 8.36. The van der Waals surface area contributed by atoms with Crippen molar-refractivity contribution in [2.75, 3.05) is 27.2 Å². The smallest absolute Gasteiger partial charge is 0.256 e. The minimum atomic E-state index is -1.62. The Kier molecular flexibility index (Phi) is 10.5. The largest absolute Gasteiger partial charge is 0.870 e. The van der Waals surface area contributed by atoms with Crippen molar-refractivity contribution in [1.29, 1.82) is 0 Å². The van der Waals surface area contributed by atoms with Crippen LogP contribution in [-0.2, 0) is 19.4 Å². The monoisotopic (exact) mass is 219 g/mol. The molecule has 0 spiro atoms. The number of hydrogen-bond acceptors (Lipinski definition) is 9. The van der Waals surface area contributed by atoms with Gasteiger partial charge in [0.05, 0.1) is 0 Å². The SMILES string of the molecule is OCO[N+](OCO)(OCO)OCO.[OH-]. The molecule has 0 aromatic heterocycles. The van der Waals surface area contributed by atoms with Crippen molar-refractivity contribution >= 4 is 0 Å². The van der Waals surface area contributed by atoms with Crippen molar-refractivity contribution in [2.24, 2.45) is 0 Å². The Morgan fingerprint density at radius 3 is 1.00 bits per heavy atom. The molecular formula is C4H13NO9. The zero-order valence-electron chi connectivity index (χ0n) is 7.14. The molecule has 0 aliphatic heterocycles. The van der Waals surface area contributed by atoms with E-state index < -0.39 is 32.3 Å². The van der Waals surface area contributed by atoms with E-state index in [0.29, 0.717) is 0 Å². The summed E-state index contributed by atoms with van der Waals surface area (Å²) in [6.45, 7) is -3.50. The topological polar surface area (TPSA) is 148 Å². The summed E-state index contributed by atoms with van der Waals surface area (Å²) < 4.78 is 0. The number of rotatable bonds is 8. The molecule has 10 heteroatoms. The number of aliphatic hydroxyl groups is 4. The second-order valence-corrected chi connectivity index (χ2v) is 1.48. The highest BCUT2D eigenvalue weighted by molar-refractivity contribution is 3.76. The van der Waals surface area contributed by atoms with Crippen molar-refractivity contribution < 1.29 is 50.4 Å². The fraction of sp³-hybridized carbons (Fsp3) is 1.00. The molecule has 10 nitrogen and oxygen atoms in total. The van der Waals surface area contributed by atoms with Crippen molar-refractivity contribution in [1.82, 2.24) is 0 Å². The summed E-state index contributed by atoms with van der Waals surface area (Å²) in [6, 6.07) is 0. The van der Waals surface area contributed by atoms with Crippen LogP contribution in [0.4, 0.5) is 0 Å². The highest BCUT2D eigenvalue weighted by Crippen LogP contribution is 2.11. The van der Waals surface area contributed by atoms with Crippen LogP contribution < -0.4 is 0 Å². The van der Waals surface area contributed by atoms with Crippen LogP contribution in [0.5, 0.6) is 0 Å². The second kappa shape index (κ2) is 9.17. The lowest BCUT2D eigenvalue weighted by atomic mass is 11.5. The summed E-state index contributed by atoms with van der Waals surface area (Å²) in [6.07, 6.45) is 0. The van der Waals surface area contributed by atoms with Crippen molar-refractivity contribution in [3.8, 4) is 0 Å². The van der Waals surface area contributed by atoms with Crippen LogP contribution in [0.1, 0.15) is 0 Å². The van der Waals surface area contributed by atoms with Crippen molar-refractivity contribution in [3.05, 3.63) is 0 Å². The minimum absolute atomic E-state index is 0. The van der Waals surface area contributed by atoms with Gasteiger partial charge < -0.3 is 25.9 Å². The summed E-state index contributed by atoms with van der Waals surface area (Å²) in [5.41, 5.74) is 0. The number of aliphatic hydroxyl groups excluding tert-OH is 4. The van der Waals surface area contributed by atoms with Crippen molar-refractivity contribution in [3.63, 3.8) is 0 Å². The third-order valence-electron chi connectivity index (χ3n) is 0.863. The molecule has 0 aromatic rings. The van der Waals surface area contributed by atoms with Gasteiger partial charge in [-0.2, -0.15) is 0 Å². The Labute approximate surface area is 78.7 Å². The van der Waals surface area contributed by atoms with Crippen LogP contribution in [0, 0.1) is 0 Å². The third kappa shape index (κ3) is 5.36. The highest BCUT2D eigenvalue weighted by Gasteiger charge is 2.38. The van der Waals surface area contributed by atoms with Gasteiger partial charge in [0.1, 0.15) is 0 Å². The van der Waals surface area contributed by atoms with Gasteiger partial charge in [-0.1, -0.05) is 19.4 Å². The van der Waals surface area contributed by atoms with Crippen LogP contribution in [0.3, 0.4) is 0 Å². The van der Waals surface area contributed by atoms with Gasteiger partial charge in [0.15, 0.2) is 0 Å². The third-order valence-corrected chi connectivity index (χ3v) is 0.863. The van der Waals surface area contributed by atoms with Gasteiger partial charge in [0.25, 0.3) is 5.14 Å². The van der Waals surface area contributed by atoms with E-state index in [-0.39, 0.29) is 5.48 Å². The summed E-state index contributed by atoms with van der Waals surface area (Å²) in [7, 11) is 0. The zero-order chi connectivity index (χ0) is 10.2. The van der Waals surface area contributed by atoms with Crippen LogP contribution in [0.25, 0.3) is 0 Å². The molecule has 0 aromatic carbocycles. The van der Waals surface area contributed by atoms with Gasteiger partial charge in [0.2, 0.25) is 27.2 Å². The van der Waals surface area contributed by atoms with Gasteiger partial charge in [0, 0.05) is 0 Å². The fourth-order valence-electron chi connectivity index (χ4n) is 0.506.